The molecule has 92 valence electrons. The molecule has 0 aliphatic rings. The zero-order valence-corrected chi connectivity index (χ0v) is 9.82. The van der Waals surface area contributed by atoms with Gasteiger partial charge >= 0.3 is 5.97 Å². The third kappa shape index (κ3) is 3.79. The molecule has 1 aromatic rings. The number of carbonyl (C=O) groups is 2. The lowest BCUT2D eigenvalue weighted by molar-refractivity contribution is -0.140. The van der Waals surface area contributed by atoms with Gasteiger partial charge in [0.25, 0.3) is 5.91 Å². The Balaban J connectivity index is 2.52. The Kier molecular flexibility index (Phi) is 4.51. The van der Waals surface area contributed by atoms with Crippen molar-refractivity contribution in [2.45, 2.75) is 13.3 Å². The van der Waals surface area contributed by atoms with E-state index < -0.39 is 0 Å². The largest absolute Gasteiger partial charge is 0.508 e. The summed E-state index contributed by atoms with van der Waals surface area (Å²) in [5.74, 6) is -0.633. The van der Waals surface area contributed by atoms with E-state index in [2.05, 4.69) is 10.1 Å². The summed E-state index contributed by atoms with van der Waals surface area (Å²) in [6, 6.07) is 4.66. The first kappa shape index (κ1) is 13.0. The van der Waals surface area contributed by atoms with E-state index in [9.17, 15) is 14.7 Å². The summed E-state index contributed by atoms with van der Waals surface area (Å²) in [6.07, 6.45) is 0.125. The van der Waals surface area contributed by atoms with Gasteiger partial charge in [-0.15, -0.1) is 0 Å². The highest BCUT2D eigenvalue weighted by molar-refractivity contribution is 5.94. The molecule has 17 heavy (non-hydrogen) atoms. The summed E-state index contributed by atoms with van der Waals surface area (Å²) in [5, 5.41) is 12.0. The second-order valence-corrected chi connectivity index (χ2v) is 3.58. The van der Waals surface area contributed by atoms with Gasteiger partial charge in [-0.3, -0.25) is 9.59 Å². The number of rotatable bonds is 4. The first-order chi connectivity index (χ1) is 8.04. The third-order valence-corrected chi connectivity index (χ3v) is 2.31. The van der Waals surface area contributed by atoms with Crippen LogP contribution in [0.2, 0.25) is 0 Å². The number of aromatic hydroxyl groups is 1. The maximum Gasteiger partial charge on any atom is 0.307 e. The van der Waals surface area contributed by atoms with Gasteiger partial charge in [0, 0.05) is 12.1 Å². The minimum atomic E-state index is -0.378. The molecular formula is C12H15NO4. The minimum absolute atomic E-state index is 0.0746. The molecule has 2 N–H and O–H groups in total. The van der Waals surface area contributed by atoms with Gasteiger partial charge in [0.2, 0.25) is 0 Å². The van der Waals surface area contributed by atoms with Crippen LogP contribution in [0.4, 0.5) is 0 Å². The van der Waals surface area contributed by atoms with Gasteiger partial charge in [-0.2, -0.15) is 0 Å². The van der Waals surface area contributed by atoms with Gasteiger partial charge in [0.1, 0.15) is 5.75 Å². The lowest BCUT2D eigenvalue weighted by atomic mass is 10.1. The van der Waals surface area contributed by atoms with Crippen LogP contribution in [-0.2, 0) is 9.53 Å². The molecule has 0 aliphatic carbocycles. The molecule has 0 saturated heterocycles. The molecule has 0 spiro atoms. The van der Waals surface area contributed by atoms with Crippen molar-refractivity contribution in [2.75, 3.05) is 13.7 Å². The normalized spacial score (nSPS) is 9.76. The van der Waals surface area contributed by atoms with Crippen molar-refractivity contribution in [1.82, 2.24) is 5.32 Å². The second-order valence-electron chi connectivity index (χ2n) is 3.58. The van der Waals surface area contributed by atoms with E-state index in [0.717, 1.165) is 0 Å². The molecular weight excluding hydrogens is 222 g/mol. The number of nitrogens with one attached hydrogen (secondary N) is 1. The van der Waals surface area contributed by atoms with Crippen molar-refractivity contribution in [3.05, 3.63) is 29.3 Å². The number of carbonyl (C=O) groups excluding carboxylic acids is 2. The fourth-order valence-corrected chi connectivity index (χ4v) is 1.23. The van der Waals surface area contributed by atoms with Gasteiger partial charge in [-0.05, 0) is 24.6 Å². The van der Waals surface area contributed by atoms with Crippen molar-refractivity contribution < 1.29 is 19.4 Å². The van der Waals surface area contributed by atoms with Crippen LogP contribution < -0.4 is 5.32 Å². The number of aryl methyl sites for hydroxylation is 1. The topological polar surface area (TPSA) is 75.6 Å². The van der Waals surface area contributed by atoms with Crippen LogP contribution in [0.25, 0.3) is 0 Å². The Morgan fingerprint density at radius 1 is 1.41 bits per heavy atom. The van der Waals surface area contributed by atoms with E-state index in [1.54, 1.807) is 19.1 Å². The summed E-state index contributed by atoms with van der Waals surface area (Å²) in [7, 11) is 1.29. The Hall–Kier alpha value is -2.04. The molecule has 0 fully saturated rings. The molecule has 1 rings (SSSR count). The maximum absolute atomic E-state index is 11.6. The minimum Gasteiger partial charge on any atom is -0.508 e. The molecule has 1 aromatic carbocycles. The summed E-state index contributed by atoms with van der Waals surface area (Å²) < 4.78 is 4.44. The second kappa shape index (κ2) is 5.89. The molecule has 0 bridgehead atoms. The Labute approximate surface area is 99.4 Å². The first-order valence-corrected chi connectivity index (χ1v) is 5.19. The van der Waals surface area contributed by atoms with Crippen LogP contribution in [0.3, 0.4) is 0 Å². The summed E-state index contributed by atoms with van der Waals surface area (Å²) in [5.41, 5.74) is 1.06. The van der Waals surface area contributed by atoms with Crippen LogP contribution in [0.1, 0.15) is 22.3 Å². The average Bonchev–Trinajstić information content (AvgIpc) is 2.32. The fraction of sp³-hybridized carbons (Fsp3) is 0.333. The number of amides is 1. The predicted molar refractivity (Wildman–Crippen MR) is 61.8 cm³/mol. The number of methoxy groups -OCH3 is 1. The number of ether oxygens (including phenoxy) is 1. The number of esters is 1. The zero-order valence-electron chi connectivity index (χ0n) is 9.82. The van der Waals surface area contributed by atoms with Crippen molar-refractivity contribution in [3.8, 4) is 5.75 Å². The van der Waals surface area contributed by atoms with Gasteiger partial charge in [0.15, 0.2) is 0 Å². The number of benzene rings is 1. The summed E-state index contributed by atoms with van der Waals surface area (Å²) in [6.45, 7) is 1.95. The lowest BCUT2D eigenvalue weighted by Crippen LogP contribution is -2.26. The van der Waals surface area contributed by atoms with Crippen LogP contribution in [0.5, 0.6) is 5.75 Å². The van der Waals surface area contributed by atoms with Crippen LogP contribution in [-0.4, -0.2) is 30.6 Å². The molecule has 1 amide bonds. The molecule has 5 nitrogen and oxygen atoms in total. The molecule has 0 radical (unpaired) electrons. The number of phenols is 1. The van der Waals surface area contributed by atoms with Crippen LogP contribution >= 0.6 is 0 Å². The fourth-order valence-electron chi connectivity index (χ4n) is 1.23. The Morgan fingerprint density at radius 3 is 2.71 bits per heavy atom. The van der Waals surface area contributed by atoms with Crippen LogP contribution in [0.15, 0.2) is 18.2 Å². The van der Waals surface area contributed by atoms with E-state index in [4.69, 9.17) is 0 Å². The molecule has 0 atom stereocenters. The third-order valence-electron chi connectivity index (χ3n) is 2.31. The molecule has 0 aliphatic heterocycles. The van der Waals surface area contributed by atoms with Crippen LogP contribution in [0, 0.1) is 6.92 Å². The summed E-state index contributed by atoms with van der Waals surface area (Å²) >= 11 is 0. The van der Waals surface area contributed by atoms with E-state index in [1.807, 2.05) is 0 Å². The van der Waals surface area contributed by atoms with Gasteiger partial charge in [-0.1, -0.05) is 6.07 Å². The SMILES string of the molecule is COC(=O)CCNC(=O)c1ccc(C)c(O)c1. The van der Waals surface area contributed by atoms with Gasteiger partial charge < -0.3 is 15.2 Å². The molecule has 0 heterocycles. The van der Waals surface area contributed by atoms with Gasteiger partial charge in [0.05, 0.1) is 13.5 Å². The van der Waals surface area contributed by atoms with Crippen molar-refractivity contribution in [3.63, 3.8) is 0 Å². The van der Waals surface area contributed by atoms with Crippen molar-refractivity contribution >= 4 is 11.9 Å². The molecule has 0 saturated carbocycles. The number of phenolic OH excluding ortho intramolecular Hbond substituents is 1. The monoisotopic (exact) mass is 237 g/mol. The zero-order chi connectivity index (χ0) is 12.8. The number of hydrogen-bond donors (Lipinski definition) is 2. The predicted octanol–water partition coefficient (Wildman–Crippen LogP) is 0.994. The number of hydrogen-bond acceptors (Lipinski definition) is 4. The highest BCUT2D eigenvalue weighted by Crippen LogP contribution is 2.17. The van der Waals surface area contributed by atoms with E-state index in [0.29, 0.717) is 11.1 Å². The maximum atomic E-state index is 11.6. The highest BCUT2D eigenvalue weighted by Gasteiger charge is 2.08. The Morgan fingerprint density at radius 2 is 2.12 bits per heavy atom. The average molecular weight is 237 g/mol. The lowest BCUT2D eigenvalue weighted by Gasteiger charge is -2.05. The van der Waals surface area contributed by atoms with Gasteiger partial charge in [-0.25, -0.2) is 0 Å². The van der Waals surface area contributed by atoms with E-state index >= 15 is 0 Å². The van der Waals surface area contributed by atoms with E-state index in [1.165, 1.54) is 13.2 Å². The molecule has 5 heteroatoms. The molecule has 0 aromatic heterocycles. The van der Waals surface area contributed by atoms with Crippen molar-refractivity contribution in [1.29, 1.82) is 0 Å². The summed E-state index contributed by atoms with van der Waals surface area (Å²) in [4.78, 5) is 22.4. The van der Waals surface area contributed by atoms with E-state index in [-0.39, 0.29) is 30.6 Å². The molecule has 0 unspecified atom stereocenters. The quantitative estimate of drug-likeness (QED) is 0.766. The van der Waals surface area contributed by atoms with Crippen molar-refractivity contribution in [2.24, 2.45) is 0 Å². The Bertz CT molecular complexity index is 429. The first-order valence-electron chi connectivity index (χ1n) is 5.19. The standard InChI is InChI=1S/C12H15NO4/c1-8-3-4-9(7-10(8)14)12(16)13-6-5-11(15)17-2/h3-4,7,14H,5-6H2,1-2H3,(H,13,16). The highest BCUT2D eigenvalue weighted by atomic mass is 16.5. The smallest absolute Gasteiger partial charge is 0.307 e.